The Morgan fingerprint density at radius 3 is 2.90 bits per heavy atom. The highest BCUT2D eigenvalue weighted by molar-refractivity contribution is 9.10. The molecular weight excluding hydrogens is 320 g/mol. The Bertz CT molecular complexity index is 616. The molecule has 1 fully saturated rings. The van der Waals surface area contributed by atoms with E-state index in [1.807, 2.05) is 19.2 Å². The summed E-state index contributed by atoms with van der Waals surface area (Å²) in [5.41, 5.74) is 2.04. The number of rotatable bonds is 5. The third-order valence-corrected chi connectivity index (χ3v) is 3.54. The molecule has 1 aliphatic carbocycles. The second-order valence-electron chi connectivity index (χ2n) is 4.86. The smallest absolute Gasteiger partial charge is 0.322 e. The summed E-state index contributed by atoms with van der Waals surface area (Å²) in [5.74, 6) is 0.614. The minimum atomic E-state index is 0.345. The first kappa shape index (κ1) is 13.5. The third kappa shape index (κ3) is 3.52. The molecule has 0 amide bonds. The second kappa shape index (κ2) is 5.85. The molecule has 0 saturated heterocycles. The van der Waals surface area contributed by atoms with Crippen LogP contribution in [-0.2, 0) is 6.54 Å². The summed E-state index contributed by atoms with van der Waals surface area (Å²) in [6, 6.07) is 2.85. The Morgan fingerprint density at radius 2 is 2.20 bits per heavy atom. The van der Waals surface area contributed by atoms with Crippen LogP contribution in [0.1, 0.15) is 24.1 Å². The van der Waals surface area contributed by atoms with Gasteiger partial charge in [-0.1, -0.05) is 0 Å². The topological polar surface area (TPSA) is 59.9 Å². The quantitative estimate of drug-likeness (QED) is 0.910. The van der Waals surface area contributed by atoms with Gasteiger partial charge in [0.05, 0.1) is 6.20 Å². The molecule has 0 bridgehead atoms. The highest BCUT2D eigenvalue weighted by atomic mass is 79.9. The summed E-state index contributed by atoms with van der Waals surface area (Å²) in [5, 5.41) is 3.45. The van der Waals surface area contributed by atoms with Gasteiger partial charge >= 0.3 is 6.01 Å². The van der Waals surface area contributed by atoms with Crippen LogP contribution in [0, 0.1) is 6.92 Å². The number of nitrogens with one attached hydrogen (secondary N) is 1. The van der Waals surface area contributed by atoms with E-state index >= 15 is 0 Å². The number of aromatic nitrogens is 3. The molecule has 5 nitrogen and oxygen atoms in total. The zero-order valence-corrected chi connectivity index (χ0v) is 12.7. The summed E-state index contributed by atoms with van der Waals surface area (Å²) in [6.45, 7) is 2.78. The number of ether oxygens (including phenoxy) is 1. The first-order valence-electron chi connectivity index (χ1n) is 6.55. The lowest BCUT2D eigenvalue weighted by molar-refractivity contribution is 0.436. The molecule has 104 valence electrons. The molecule has 1 N–H and O–H groups in total. The van der Waals surface area contributed by atoms with Gasteiger partial charge in [-0.25, -0.2) is 4.98 Å². The van der Waals surface area contributed by atoms with Crippen LogP contribution in [0.15, 0.2) is 29.1 Å². The van der Waals surface area contributed by atoms with Gasteiger partial charge in [-0.2, -0.15) is 4.98 Å². The fourth-order valence-electron chi connectivity index (χ4n) is 1.79. The molecule has 2 aromatic rings. The van der Waals surface area contributed by atoms with Crippen LogP contribution in [-0.4, -0.2) is 21.0 Å². The van der Waals surface area contributed by atoms with Crippen molar-refractivity contribution in [2.75, 3.05) is 0 Å². The van der Waals surface area contributed by atoms with Gasteiger partial charge in [-0.05, 0) is 41.8 Å². The van der Waals surface area contributed by atoms with Gasteiger partial charge in [0.2, 0.25) is 0 Å². The SMILES string of the molecule is Cc1nc(Oc2cncc(Br)c2)ncc1CNC1CC1. The molecule has 1 aliphatic rings. The Morgan fingerprint density at radius 1 is 1.35 bits per heavy atom. The van der Waals surface area contributed by atoms with Crippen LogP contribution >= 0.6 is 15.9 Å². The first-order chi connectivity index (χ1) is 9.70. The van der Waals surface area contributed by atoms with Crippen LogP contribution in [0.3, 0.4) is 0 Å². The molecule has 6 heteroatoms. The molecule has 0 radical (unpaired) electrons. The van der Waals surface area contributed by atoms with Crippen LogP contribution < -0.4 is 10.1 Å². The van der Waals surface area contributed by atoms with E-state index in [4.69, 9.17) is 4.74 Å². The van der Waals surface area contributed by atoms with Crippen LogP contribution in [0.25, 0.3) is 0 Å². The predicted molar refractivity (Wildman–Crippen MR) is 78.6 cm³/mol. The van der Waals surface area contributed by atoms with Crippen molar-refractivity contribution in [3.8, 4) is 11.8 Å². The van der Waals surface area contributed by atoms with Crippen molar-refractivity contribution in [3.05, 3.63) is 40.4 Å². The van der Waals surface area contributed by atoms with Gasteiger partial charge in [0.25, 0.3) is 0 Å². The van der Waals surface area contributed by atoms with Crippen molar-refractivity contribution < 1.29 is 4.74 Å². The minimum absolute atomic E-state index is 0.345. The monoisotopic (exact) mass is 334 g/mol. The highest BCUT2D eigenvalue weighted by Crippen LogP contribution is 2.22. The van der Waals surface area contributed by atoms with Crippen molar-refractivity contribution >= 4 is 15.9 Å². The van der Waals surface area contributed by atoms with E-state index in [0.29, 0.717) is 17.8 Å². The number of nitrogens with zero attached hydrogens (tertiary/aromatic N) is 3. The normalized spacial score (nSPS) is 14.3. The number of hydrogen-bond donors (Lipinski definition) is 1. The molecule has 0 spiro atoms. The van der Waals surface area contributed by atoms with E-state index < -0.39 is 0 Å². The molecule has 3 rings (SSSR count). The average Bonchev–Trinajstić information content (AvgIpc) is 3.22. The number of halogens is 1. The number of aryl methyl sites for hydroxylation is 1. The largest absolute Gasteiger partial charge is 0.423 e. The van der Waals surface area contributed by atoms with Crippen molar-refractivity contribution in [1.82, 2.24) is 20.3 Å². The lowest BCUT2D eigenvalue weighted by Crippen LogP contribution is -2.16. The first-order valence-corrected chi connectivity index (χ1v) is 7.34. The Hall–Kier alpha value is -1.53. The van der Waals surface area contributed by atoms with Crippen molar-refractivity contribution in [2.24, 2.45) is 0 Å². The third-order valence-electron chi connectivity index (χ3n) is 3.11. The van der Waals surface area contributed by atoms with Gasteiger partial charge in [0, 0.05) is 40.7 Å². The maximum atomic E-state index is 5.60. The summed E-state index contributed by atoms with van der Waals surface area (Å²) in [7, 11) is 0. The lowest BCUT2D eigenvalue weighted by Gasteiger charge is -2.08. The van der Waals surface area contributed by atoms with Crippen LogP contribution in [0.4, 0.5) is 0 Å². The summed E-state index contributed by atoms with van der Waals surface area (Å²) in [4.78, 5) is 12.7. The van der Waals surface area contributed by atoms with Gasteiger partial charge in [0.1, 0.15) is 0 Å². The van der Waals surface area contributed by atoms with Crippen LogP contribution in [0.2, 0.25) is 0 Å². The molecule has 1 saturated carbocycles. The van der Waals surface area contributed by atoms with E-state index in [1.165, 1.54) is 12.8 Å². The Balaban J connectivity index is 1.69. The van der Waals surface area contributed by atoms with E-state index in [9.17, 15) is 0 Å². The van der Waals surface area contributed by atoms with Gasteiger partial charge < -0.3 is 10.1 Å². The molecular formula is C14H15BrN4O. The van der Waals surface area contributed by atoms with Crippen molar-refractivity contribution in [1.29, 1.82) is 0 Å². The van der Waals surface area contributed by atoms with E-state index in [1.54, 1.807) is 12.4 Å². The van der Waals surface area contributed by atoms with E-state index in [0.717, 1.165) is 22.3 Å². The van der Waals surface area contributed by atoms with Crippen molar-refractivity contribution in [3.63, 3.8) is 0 Å². The average molecular weight is 335 g/mol. The fourth-order valence-corrected chi connectivity index (χ4v) is 2.13. The van der Waals surface area contributed by atoms with Crippen molar-refractivity contribution in [2.45, 2.75) is 32.4 Å². The predicted octanol–water partition coefficient (Wildman–Crippen LogP) is 2.99. The number of pyridine rings is 1. The molecule has 0 atom stereocenters. The second-order valence-corrected chi connectivity index (χ2v) is 5.77. The minimum Gasteiger partial charge on any atom is -0.423 e. The summed E-state index contributed by atoms with van der Waals surface area (Å²) in [6.07, 6.45) is 7.70. The maximum Gasteiger partial charge on any atom is 0.322 e. The molecule has 0 aromatic carbocycles. The summed E-state index contributed by atoms with van der Waals surface area (Å²) < 4.78 is 6.46. The standard InChI is InChI=1S/C14H15BrN4O/c1-9-10(5-17-12-2-3-12)6-18-14(19-9)20-13-4-11(15)7-16-8-13/h4,6-8,12,17H,2-3,5H2,1H3. The molecule has 2 aromatic heterocycles. The Labute approximate surface area is 125 Å². The maximum absolute atomic E-state index is 5.60. The van der Waals surface area contributed by atoms with Gasteiger partial charge in [-0.15, -0.1) is 0 Å². The lowest BCUT2D eigenvalue weighted by atomic mass is 10.2. The Kier molecular flexibility index (Phi) is 3.93. The summed E-state index contributed by atoms with van der Waals surface area (Å²) >= 11 is 3.35. The molecule has 0 aliphatic heterocycles. The zero-order valence-electron chi connectivity index (χ0n) is 11.1. The number of hydrogen-bond acceptors (Lipinski definition) is 5. The molecule has 0 unspecified atom stereocenters. The zero-order chi connectivity index (χ0) is 13.9. The van der Waals surface area contributed by atoms with Gasteiger partial charge in [-0.3, -0.25) is 4.98 Å². The van der Waals surface area contributed by atoms with Crippen LogP contribution in [0.5, 0.6) is 11.8 Å². The van der Waals surface area contributed by atoms with E-state index in [2.05, 4.69) is 36.2 Å². The van der Waals surface area contributed by atoms with E-state index in [-0.39, 0.29) is 0 Å². The fraction of sp³-hybridized carbons (Fsp3) is 0.357. The molecule has 2 heterocycles. The molecule has 20 heavy (non-hydrogen) atoms. The van der Waals surface area contributed by atoms with Gasteiger partial charge in [0.15, 0.2) is 5.75 Å². The highest BCUT2D eigenvalue weighted by Gasteiger charge is 2.20.